The number of nitrogens with zero attached hydrogens (tertiary/aromatic N) is 2. The van der Waals surface area contributed by atoms with E-state index in [0.717, 1.165) is 38.1 Å². The van der Waals surface area contributed by atoms with Crippen LogP contribution >= 0.6 is 0 Å². The van der Waals surface area contributed by atoms with Gasteiger partial charge in [-0.3, -0.25) is 15.3 Å². The molecule has 0 radical (unpaired) electrons. The third-order valence-electron chi connectivity index (χ3n) is 1.59. The van der Waals surface area contributed by atoms with Crippen molar-refractivity contribution in [3.63, 3.8) is 0 Å². The molecule has 11 heavy (non-hydrogen) atoms. The van der Waals surface area contributed by atoms with Gasteiger partial charge in [0, 0.05) is 13.1 Å². The quantitative estimate of drug-likeness (QED) is 0.396. The van der Waals surface area contributed by atoms with Crippen LogP contribution in [0.15, 0.2) is 9.98 Å². The second-order valence-corrected chi connectivity index (χ2v) is 2.44. The van der Waals surface area contributed by atoms with Crippen LogP contribution in [0.25, 0.3) is 0 Å². The largest absolute Gasteiger partial charge is 0.354 e. The maximum absolute atomic E-state index is 4.17. The van der Waals surface area contributed by atoms with E-state index in [1.54, 1.807) is 0 Å². The molecule has 0 saturated carbocycles. The van der Waals surface area contributed by atoms with Crippen LogP contribution in [0.3, 0.4) is 0 Å². The van der Waals surface area contributed by atoms with Crippen molar-refractivity contribution < 1.29 is 0 Å². The van der Waals surface area contributed by atoms with Gasteiger partial charge >= 0.3 is 0 Å². The standard InChI is InChI=1S/C6H11N5/c1-2-8-5(7-1)11-6-9-3-4-10-6/h1-4H2,(H3,7,8,9,10,11). The number of hydrogen-bond acceptors (Lipinski definition) is 5. The molecule has 2 aliphatic rings. The van der Waals surface area contributed by atoms with E-state index >= 15 is 0 Å². The zero-order chi connectivity index (χ0) is 7.52. The molecule has 0 aromatic rings. The van der Waals surface area contributed by atoms with Crippen LogP contribution in [0.5, 0.6) is 0 Å². The first-order chi connectivity index (χ1) is 5.45. The Morgan fingerprint density at radius 3 is 1.91 bits per heavy atom. The van der Waals surface area contributed by atoms with E-state index in [1.165, 1.54) is 0 Å². The maximum Gasteiger partial charge on any atom is 0.198 e. The van der Waals surface area contributed by atoms with Crippen LogP contribution in [-0.4, -0.2) is 38.1 Å². The monoisotopic (exact) mass is 153 g/mol. The zero-order valence-electron chi connectivity index (χ0n) is 6.22. The van der Waals surface area contributed by atoms with E-state index in [-0.39, 0.29) is 0 Å². The van der Waals surface area contributed by atoms with Crippen molar-refractivity contribution in [1.82, 2.24) is 16.0 Å². The molecule has 0 atom stereocenters. The molecule has 0 bridgehead atoms. The summed E-state index contributed by atoms with van der Waals surface area (Å²) in [5.74, 6) is 1.66. The highest BCUT2D eigenvalue weighted by atomic mass is 15.3. The Kier molecular flexibility index (Phi) is 1.63. The summed E-state index contributed by atoms with van der Waals surface area (Å²) in [7, 11) is 0. The van der Waals surface area contributed by atoms with Gasteiger partial charge in [0.25, 0.3) is 0 Å². The third-order valence-corrected chi connectivity index (χ3v) is 1.59. The molecular weight excluding hydrogens is 142 g/mol. The smallest absolute Gasteiger partial charge is 0.198 e. The molecule has 5 nitrogen and oxygen atoms in total. The van der Waals surface area contributed by atoms with Crippen LogP contribution in [0.4, 0.5) is 0 Å². The Morgan fingerprint density at radius 2 is 1.55 bits per heavy atom. The fourth-order valence-corrected chi connectivity index (χ4v) is 1.08. The fraction of sp³-hybridized carbons (Fsp3) is 0.667. The van der Waals surface area contributed by atoms with E-state index in [2.05, 4.69) is 25.9 Å². The van der Waals surface area contributed by atoms with E-state index in [9.17, 15) is 0 Å². The zero-order valence-corrected chi connectivity index (χ0v) is 6.22. The summed E-state index contributed by atoms with van der Waals surface area (Å²) >= 11 is 0. The van der Waals surface area contributed by atoms with Gasteiger partial charge in [0.05, 0.1) is 13.1 Å². The molecule has 0 fully saturated rings. The highest BCUT2D eigenvalue weighted by Gasteiger charge is 2.09. The highest BCUT2D eigenvalue weighted by molar-refractivity contribution is 5.99. The molecule has 5 heteroatoms. The van der Waals surface area contributed by atoms with Gasteiger partial charge in [-0.05, 0) is 0 Å². The molecule has 0 unspecified atom stereocenters. The fourth-order valence-electron chi connectivity index (χ4n) is 1.08. The van der Waals surface area contributed by atoms with Gasteiger partial charge in [-0.15, -0.1) is 0 Å². The second kappa shape index (κ2) is 2.77. The van der Waals surface area contributed by atoms with Gasteiger partial charge < -0.3 is 10.6 Å². The number of rotatable bonds is 0. The maximum atomic E-state index is 4.17. The Balaban J connectivity index is 1.89. The predicted octanol–water partition coefficient (Wildman–Crippen LogP) is -1.51. The molecule has 2 heterocycles. The van der Waals surface area contributed by atoms with Gasteiger partial charge in [-0.25, -0.2) is 0 Å². The van der Waals surface area contributed by atoms with Crippen LogP contribution in [-0.2, 0) is 0 Å². The first kappa shape index (κ1) is 6.45. The Hall–Kier alpha value is -1.26. The van der Waals surface area contributed by atoms with Crippen molar-refractivity contribution in [1.29, 1.82) is 0 Å². The van der Waals surface area contributed by atoms with Crippen LogP contribution in [0, 0.1) is 0 Å². The van der Waals surface area contributed by atoms with E-state index in [4.69, 9.17) is 0 Å². The Morgan fingerprint density at radius 1 is 1.00 bits per heavy atom. The predicted molar refractivity (Wildman–Crippen MR) is 43.7 cm³/mol. The SMILES string of the molecule is C1CNC(NC2=NCCN2)=N1. The molecule has 0 spiro atoms. The van der Waals surface area contributed by atoms with Crippen LogP contribution < -0.4 is 16.0 Å². The molecule has 60 valence electrons. The minimum atomic E-state index is 0.832. The summed E-state index contributed by atoms with van der Waals surface area (Å²) in [5, 5.41) is 9.26. The number of nitrogens with one attached hydrogen (secondary N) is 3. The molecular formula is C6H11N5. The topological polar surface area (TPSA) is 60.8 Å². The minimum Gasteiger partial charge on any atom is -0.354 e. The molecule has 0 aromatic carbocycles. The highest BCUT2D eigenvalue weighted by Crippen LogP contribution is 1.84. The lowest BCUT2D eigenvalue weighted by atomic mass is 10.7. The molecule has 0 aromatic heterocycles. The van der Waals surface area contributed by atoms with Crippen molar-refractivity contribution in [3.8, 4) is 0 Å². The lowest BCUT2D eigenvalue weighted by Gasteiger charge is -2.05. The molecule has 0 aliphatic carbocycles. The van der Waals surface area contributed by atoms with E-state index in [1.807, 2.05) is 0 Å². The van der Waals surface area contributed by atoms with Gasteiger partial charge in [0.1, 0.15) is 0 Å². The average Bonchev–Trinajstić information content (AvgIpc) is 2.60. The first-order valence-corrected chi connectivity index (χ1v) is 3.79. The summed E-state index contributed by atoms with van der Waals surface area (Å²) in [6.07, 6.45) is 0. The van der Waals surface area contributed by atoms with Crippen LogP contribution in [0.2, 0.25) is 0 Å². The summed E-state index contributed by atoms with van der Waals surface area (Å²) in [5.41, 5.74) is 0. The Labute approximate surface area is 65.0 Å². The van der Waals surface area contributed by atoms with Gasteiger partial charge in [0.15, 0.2) is 11.9 Å². The minimum absolute atomic E-state index is 0.832. The van der Waals surface area contributed by atoms with E-state index in [0.29, 0.717) is 0 Å². The van der Waals surface area contributed by atoms with Crippen LogP contribution in [0.1, 0.15) is 0 Å². The summed E-state index contributed by atoms with van der Waals surface area (Å²) < 4.78 is 0. The number of hydrogen-bond donors (Lipinski definition) is 3. The third kappa shape index (κ3) is 1.42. The molecule has 2 aliphatic heterocycles. The molecule has 2 rings (SSSR count). The van der Waals surface area contributed by atoms with Crippen molar-refractivity contribution in [2.75, 3.05) is 26.2 Å². The number of aliphatic imine (C=N–C) groups is 2. The second-order valence-electron chi connectivity index (χ2n) is 2.44. The summed E-state index contributed by atoms with van der Waals surface area (Å²) in [4.78, 5) is 8.35. The first-order valence-electron chi connectivity index (χ1n) is 3.79. The lowest BCUT2D eigenvalue weighted by molar-refractivity contribution is 0.936. The average molecular weight is 153 g/mol. The Bertz CT molecular complexity index is 185. The lowest BCUT2D eigenvalue weighted by Crippen LogP contribution is -2.43. The van der Waals surface area contributed by atoms with Crippen molar-refractivity contribution in [2.24, 2.45) is 9.98 Å². The summed E-state index contributed by atoms with van der Waals surface area (Å²) in [6.45, 7) is 3.57. The normalized spacial score (nSPS) is 21.8. The van der Waals surface area contributed by atoms with E-state index < -0.39 is 0 Å². The molecule has 0 amide bonds. The van der Waals surface area contributed by atoms with Gasteiger partial charge in [0.2, 0.25) is 0 Å². The summed E-state index contributed by atoms with van der Waals surface area (Å²) in [6, 6.07) is 0. The molecule has 0 saturated heterocycles. The number of guanidine groups is 2. The van der Waals surface area contributed by atoms with Crippen molar-refractivity contribution in [2.45, 2.75) is 0 Å². The van der Waals surface area contributed by atoms with Crippen molar-refractivity contribution >= 4 is 11.9 Å². The van der Waals surface area contributed by atoms with Gasteiger partial charge in [-0.2, -0.15) is 0 Å². The molecule has 3 N–H and O–H groups in total. The van der Waals surface area contributed by atoms with Gasteiger partial charge in [-0.1, -0.05) is 0 Å². The van der Waals surface area contributed by atoms with Crippen molar-refractivity contribution in [3.05, 3.63) is 0 Å².